The van der Waals surface area contributed by atoms with E-state index in [2.05, 4.69) is 6.07 Å². The number of carbonyl (C=O) groups excluding carboxylic acids is 1. The number of carbonyl (C=O) groups is 1. The Morgan fingerprint density at radius 2 is 2.19 bits per heavy atom. The first-order chi connectivity index (χ1) is 12.7. The summed E-state index contributed by atoms with van der Waals surface area (Å²) < 4.78 is 5.87. The molecule has 2 heterocycles. The van der Waals surface area contributed by atoms with E-state index in [-0.39, 0.29) is 18.1 Å². The molecule has 6 heteroatoms. The molecule has 1 saturated heterocycles. The number of rotatable bonds is 3. The van der Waals surface area contributed by atoms with Gasteiger partial charge in [-0.05, 0) is 50.2 Å². The Bertz CT molecular complexity index is 756. The van der Waals surface area contributed by atoms with Gasteiger partial charge in [0, 0.05) is 12.2 Å². The van der Waals surface area contributed by atoms with Crippen molar-refractivity contribution in [3.8, 4) is 6.07 Å². The van der Waals surface area contributed by atoms with E-state index in [1.807, 2.05) is 11.8 Å². The number of morpholine rings is 1. The molecule has 0 spiro atoms. The number of hydrogen-bond acceptors (Lipinski definition) is 5. The molecule has 0 N–H and O–H groups in total. The fraction of sp³-hybridized carbons (Fsp3) is 0.650. The lowest BCUT2D eigenvalue weighted by molar-refractivity contribution is -0.146. The molecule has 1 aromatic rings. The highest BCUT2D eigenvalue weighted by Gasteiger charge is 2.36. The van der Waals surface area contributed by atoms with Gasteiger partial charge in [-0.1, -0.05) is 24.6 Å². The van der Waals surface area contributed by atoms with Gasteiger partial charge in [0.1, 0.15) is 11.1 Å². The fourth-order valence-electron chi connectivity index (χ4n) is 4.60. The quantitative estimate of drug-likeness (QED) is 0.764. The van der Waals surface area contributed by atoms with Crippen molar-refractivity contribution in [2.75, 3.05) is 18.9 Å². The smallest absolute Gasteiger partial charge is 0.233 e. The van der Waals surface area contributed by atoms with Crippen molar-refractivity contribution in [3.63, 3.8) is 0 Å². The largest absolute Gasteiger partial charge is 0.374 e. The topological polar surface area (TPSA) is 66.2 Å². The predicted molar refractivity (Wildman–Crippen MR) is 100 cm³/mol. The van der Waals surface area contributed by atoms with Crippen molar-refractivity contribution >= 4 is 17.7 Å². The molecule has 2 fully saturated rings. The molecular weight excluding hydrogens is 346 g/mol. The van der Waals surface area contributed by atoms with Crippen LogP contribution < -0.4 is 0 Å². The van der Waals surface area contributed by atoms with Crippen molar-refractivity contribution in [1.82, 2.24) is 9.88 Å². The van der Waals surface area contributed by atoms with Gasteiger partial charge in [0.25, 0.3) is 0 Å². The fourth-order valence-corrected chi connectivity index (χ4v) is 5.54. The zero-order valence-corrected chi connectivity index (χ0v) is 16.1. The van der Waals surface area contributed by atoms with Gasteiger partial charge in [0.05, 0.1) is 30.1 Å². The predicted octanol–water partition coefficient (Wildman–Crippen LogP) is 3.01. The van der Waals surface area contributed by atoms with Gasteiger partial charge < -0.3 is 9.64 Å². The van der Waals surface area contributed by atoms with Gasteiger partial charge in [-0.25, -0.2) is 4.98 Å². The number of aryl methyl sites for hydroxylation is 1. The van der Waals surface area contributed by atoms with Crippen LogP contribution in [0, 0.1) is 18.3 Å². The molecule has 0 aromatic carbocycles. The zero-order chi connectivity index (χ0) is 18.1. The lowest BCUT2D eigenvalue weighted by atomic mass is 9.90. The summed E-state index contributed by atoms with van der Waals surface area (Å²) in [4.78, 5) is 19.6. The number of nitriles is 1. The van der Waals surface area contributed by atoms with Crippen molar-refractivity contribution in [1.29, 1.82) is 5.26 Å². The molecule has 1 aromatic heterocycles. The normalized spacial score (nSPS) is 24.7. The van der Waals surface area contributed by atoms with Gasteiger partial charge in [0.2, 0.25) is 5.91 Å². The van der Waals surface area contributed by atoms with E-state index in [0.29, 0.717) is 24.5 Å². The molecule has 2 atom stereocenters. The summed E-state index contributed by atoms with van der Waals surface area (Å²) >= 11 is 1.43. The minimum atomic E-state index is 0.152. The SMILES string of the molecule is Cc1c(C#N)c(SCC(=O)N2CCOC3CCCCC32)nc2c1CCC2. The molecule has 2 aliphatic carbocycles. The third-order valence-electron chi connectivity index (χ3n) is 5.96. The Labute approximate surface area is 159 Å². The van der Waals surface area contributed by atoms with E-state index in [0.717, 1.165) is 48.4 Å². The molecule has 1 saturated carbocycles. The summed E-state index contributed by atoms with van der Waals surface area (Å²) in [6.45, 7) is 3.34. The molecule has 0 radical (unpaired) electrons. The van der Waals surface area contributed by atoms with Crippen LogP contribution in [-0.2, 0) is 22.4 Å². The maximum absolute atomic E-state index is 12.9. The lowest BCUT2D eigenvalue weighted by Crippen LogP contribution is -2.55. The second-order valence-electron chi connectivity index (χ2n) is 7.44. The standard InChI is InChI=1S/C20H25N3O2S/c1-13-14-5-4-6-16(14)22-20(15(13)11-21)26-12-19(24)23-9-10-25-18-8-3-2-7-17(18)23/h17-18H,2-10,12H2,1H3. The summed E-state index contributed by atoms with van der Waals surface area (Å²) in [6, 6.07) is 2.55. The summed E-state index contributed by atoms with van der Waals surface area (Å²) in [5, 5.41) is 10.3. The van der Waals surface area contributed by atoms with Gasteiger partial charge in [-0.2, -0.15) is 5.26 Å². The number of pyridine rings is 1. The van der Waals surface area contributed by atoms with Crippen LogP contribution in [0.15, 0.2) is 5.03 Å². The molecule has 3 aliphatic rings. The van der Waals surface area contributed by atoms with Crippen molar-refractivity contribution < 1.29 is 9.53 Å². The number of thioether (sulfide) groups is 1. The third-order valence-corrected chi connectivity index (χ3v) is 6.92. The second-order valence-corrected chi connectivity index (χ2v) is 8.41. The molecule has 4 rings (SSSR count). The Hall–Kier alpha value is -1.58. The third kappa shape index (κ3) is 3.23. The summed E-state index contributed by atoms with van der Waals surface area (Å²) in [5.41, 5.74) is 4.08. The zero-order valence-electron chi connectivity index (χ0n) is 15.3. The van der Waals surface area contributed by atoms with Crippen LogP contribution in [0.4, 0.5) is 0 Å². The monoisotopic (exact) mass is 371 g/mol. The summed E-state index contributed by atoms with van der Waals surface area (Å²) in [6.07, 6.45) is 7.79. The van der Waals surface area contributed by atoms with Crippen LogP contribution in [-0.4, -0.2) is 46.8 Å². The minimum absolute atomic E-state index is 0.152. The maximum Gasteiger partial charge on any atom is 0.233 e. The Morgan fingerprint density at radius 3 is 3.04 bits per heavy atom. The molecule has 26 heavy (non-hydrogen) atoms. The molecule has 0 bridgehead atoms. The first-order valence-corrected chi connectivity index (χ1v) is 10.6. The number of nitrogens with zero attached hydrogens (tertiary/aromatic N) is 3. The van der Waals surface area contributed by atoms with Gasteiger partial charge in [0.15, 0.2) is 0 Å². The average molecular weight is 372 g/mol. The van der Waals surface area contributed by atoms with Crippen molar-refractivity contribution in [2.45, 2.75) is 69.0 Å². The number of fused-ring (bicyclic) bond motifs is 2. The van der Waals surface area contributed by atoms with Crippen LogP contribution in [0.25, 0.3) is 0 Å². The number of aromatic nitrogens is 1. The second kappa shape index (κ2) is 7.58. The van der Waals surface area contributed by atoms with Gasteiger partial charge >= 0.3 is 0 Å². The first kappa shape index (κ1) is 17.8. The molecule has 138 valence electrons. The van der Waals surface area contributed by atoms with E-state index in [1.54, 1.807) is 0 Å². The Balaban J connectivity index is 1.48. The van der Waals surface area contributed by atoms with Crippen LogP contribution in [0.2, 0.25) is 0 Å². The summed E-state index contributed by atoms with van der Waals surface area (Å²) in [5.74, 6) is 0.502. The van der Waals surface area contributed by atoms with Crippen molar-refractivity contribution in [3.05, 3.63) is 22.4 Å². The average Bonchev–Trinajstić information content (AvgIpc) is 3.14. The van der Waals surface area contributed by atoms with Crippen LogP contribution in [0.3, 0.4) is 0 Å². The van der Waals surface area contributed by atoms with E-state index in [4.69, 9.17) is 9.72 Å². The Kier molecular flexibility index (Phi) is 5.19. The molecule has 5 nitrogen and oxygen atoms in total. The highest BCUT2D eigenvalue weighted by atomic mass is 32.2. The van der Waals surface area contributed by atoms with E-state index in [1.165, 1.54) is 30.2 Å². The maximum atomic E-state index is 12.9. The number of ether oxygens (including phenoxy) is 1. The van der Waals surface area contributed by atoms with Crippen molar-refractivity contribution in [2.24, 2.45) is 0 Å². The highest BCUT2D eigenvalue weighted by Crippen LogP contribution is 2.33. The van der Waals surface area contributed by atoms with E-state index < -0.39 is 0 Å². The van der Waals surface area contributed by atoms with E-state index in [9.17, 15) is 10.1 Å². The molecule has 1 aliphatic heterocycles. The lowest BCUT2D eigenvalue weighted by Gasteiger charge is -2.43. The molecule has 1 amide bonds. The van der Waals surface area contributed by atoms with Crippen LogP contribution >= 0.6 is 11.8 Å². The molecular formula is C20H25N3O2S. The highest BCUT2D eigenvalue weighted by molar-refractivity contribution is 8.00. The Morgan fingerprint density at radius 1 is 1.35 bits per heavy atom. The number of hydrogen-bond donors (Lipinski definition) is 0. The van der Waals surface area contributed by atoms with Crippen LogP contribution in [0.5, 0.6) is 0 Å². The van der Waals surface area contributed by atoms with Gasteiger partial charge in [-0.3, -0.25) is 4.79 Å². The van der Waals surface area contributed by atoms with Gasteiger partial charge in [-0.15, -0.1) is 0 Å². The van der Waals surface area contributed by atoms with E-state index >= 15 is 0 Å². The minimum Gasteiger partial charge on any atom is -0.374 e. The van der Waals surface area contributed by atoms with Crippen LogP contribution in [0.1, 0.15) is 54.5 Å². The summed E-state index contributed by atoms with van der Waals surface area (Å²) in [7, 11) is 0. The first-order valence-electron chi connectivity index (χ1n) is 9.65. The number of amides is 1. The molecule has 2 unspecified atom stereocenters.